The van der Waals surface area contributed by atoms with Gasteiger partial charge < -0.3 is 29.5 Å². The Balaban J connectivity index is 1.70. The summed E-state index contributed by atoms with van der Waals surface area (Å²) in [5, 5.41) is 31.1. The lowest BCUT2D eigenvalue weighted by molar-refractivity contribution is -0.251. The van der Waals surface area contributed by atoms with E-state index in [1.54, 1.807) is 6.07 Å². The monoisotopic (exact) mass is 470 g/mol. The Morgan fingerprint density at radius 1 is 1.12 bits per heavy atom. The van der Waals surface area contributed by atoms with Crippen LogP contribution in [-0.4, -0.2) is 59.4 Å². The van der Waals surface area contributed by atoms with Crippen LogP contribution in [-0.2, 0) is 17.6 Å². The number of alkyl halides is 2. The third-order valence-corrected chi connectivity index (χ3v) is 6.28. The Hall–Kier alpha value is -1.97. The topological polar surface area (TPSA) is 88.4 Å². The van der Waals surface area contributed by atoms with Gasteiger partial charge in [-0.2, -0.15) is 0 Å². The summed E-state index contributed by atoms with van der Waals surface area (Å²) in [6.07, 6.45) is -10.6. The Morgan fingerprint density at radius 2 is 1.84 bits per heavy atom. The van der Waals surface area contributed by atoms with Crippen molar-refractivity contribution in [1.82, 2.24) is 0 Å². The van der Waals surface area contributed by atoms with E-state index in [1.807, 2.05) is 31.2 Å². The van der Waals surface area contributed by atoms with E-state index in [0.29, 0.717) is 53.5 Å². The van der Waals surface area contributed by atoms with Crippen LogP contribution in [0.2, 0.25) is 5.02 Å². The van der Waals surface area contributed by atoms with E-state index < -0.39 is 36.9 Å². The molecule has 0 amide bonds. The minimum absolute atomic E-state index is 0.348. The van der Waals surface area contributed by atoms with E-state index in [0.717, 1.165) is 11.3 Å². The fraction of sp³-hybridized carbons (Fsp3) is 0.478. The van der Waals surface area contributed by atoms with Gasteiger partial charge in [0.1, 0.15) is 42.0 Å². The molecule has 1 saturated heterocycles. The van der Waals surface area contributed by atoms with Crippen LogP contribution in [0.25, 0.3) is 0 Å². The first kappa shape index (κ1) is 23.2. The van der Waals surface area contributed by atoms with Crippen molar-refractivity contribution >= 4 is 11.6 Å². The molecule has 0 bridgehead atoms. The molecular formula is C23H25ClF2O6. The zero-order valence-corrected chi connectivity index (χ0v) is 18.1. The molecule has 2 aliphatic heterocycles. The van der Waals surface area contributed by atoms with Crippen molar-refractivity contribution in [1.29, 1.82) is 0 Å². The molecule has 5 atom stereocenters. The summed E-state index contributed by atoms with van der Waals surface area (Å²) in [6.45, 7) is 2.80. The van der Waals surface area contributed by atoms with Gasteiger partial charge in [-0.05, 0) is 42.2 Å². The van der Waals surface area contributed by atoms with E-state index >= 15 is 0 Å². The van der Waals surface area contributed by atoms with Crippen molar-refractivity contribution in [2.45, 2.75) is 56.7 Å². The standard InChI is InChI=1S/C23H25ClF2O6/c1-2-30-13-5-3-11(4-6-13)9-12-10-15(14-7-8-31-20(14)16(12)24)21-18(28)17(27)19(29)22(32-21)23(25)26/h3-6,10,17-19,21-23,27-29H,2,7-9H2,1H3/t17-,18-,19+,21+,22+/m1/s1. The summed E-state index contributed by atoms with van der Waals surface area (Å²) < 4.78 is 43.4. The Bertz CT molecular complexity index is 954. The highest BCUT2D eigenvalue weighted by molar-refractivity contribution is 6.33. The first-order chi connectivity index (χ1) is 15.3. The van der Waals surface area contributed by atoms with Gasteiger partial charge in [-0.1, -0.05) is 29.8 Å². The highest BCUT2D eigenvalue weighted by atomic mass is 35.5. The van der Waals surface area contributed by atoms with Crippen molar-refractivity contribution in [3.05, 3.63) is 57.6 Å². The van der Waals surface area contributed by atoms with E-state index in [1.165, 1.54) is 0 Å². The number of hydrogen-bond acceptors (Lipinski definition) is 6. The first-order valence-corrected chi connectivity index (χ1v) is 10.9. The van der Waals surface area contributed by atoms with E-state index in [-0.39, 0.29) is 0 Å². The van der Waals surface area contributed by atoms with Crippen LogP contribution in [0, 0.1) is 0 Å². The van der Waals surface area contributed by atoms with E-state index in [9.17, 15) is 24.1 Å². The highest BCUT2D eigenvalue weighted by Crippen LogP contribution is 2.45. The molecule has 3 N–H and O–H groups in total. The van der Waals surface area contributed by atoms with Crippen LogP contribution in [0.15, 0.2) is 30.3 Å². The third kappa shape index (κ3) is 4.30. The number of aliphatic hydroxyl groups excluding tert-OH is 3. The molecule has 174 valence electrons. The normalized spacial score (nSPS) is 27.3. The average Bonchev–Trinajstić information content (AvgIpc) is 3.26. The number of fused-ring (bicyclic) bond motifs is 1. The van der Waals surface area contributed by atoms with Gasteiger partial charge in [0.05, 0.1) is 18.2 Å². The number of ether oxygens (including phenoxy) is 3. The molecule has 9 heteroatoms. The molecule has 2 aliphatic rings. The average molecular weight is 471 g/mol. The van der Waals surface area contributed by atoms with Crippen molar-refractivity contribution in [2.24, 2.45) is 0 Å². The van der Waals surface area contributed by atoms with Crippen molar-refractivity contribution in [3.63, 3.8) is 0 Å². The zero-order chi connectivity index (χ0) is 23.0. The lowest BCUT2D eigenvalue weighted by Gasteiger charge is -2.41. The Morgan fingerprint density at radius 3 is 2.50 bits per heavy atom. The van der Waals surface area contributed by atoms with Gasteiger partial charge in [-0.3, -0.25) is 0 Å². The number of halogens is 3. The van der Waals surface area contributed by atoms with Crippen LogP contribution in [0.5, 0.6) is 11.5 Å². The van der Waals surface area contributed by atoms with Gasteiger partial charge in [0.2, 0.25) is 0 Å². The quantitative estimate of drug-likeness (QED) is 0.601. The van der Waals surface area contributed by atoms with Gasteiger partial charge in [-0.15, -0.1) is 0 Å². The summed E-state index contributed by atoms with van der Waals surface area (Å²) >= 11 is 6.60. The Kier molecular flexibility index (Phi) is 6.88. The minimum atomic E-state index is -3.03. The molecule has 2 aromatic rings. The molecule has 0 aromatic heterocycles. The van der Waals surface area contributed by atoms with Crippen molar-refractivity contribution in [3.8, 4) is 11.5 Å². The third-order valence-electron chi connectivity index (χ3n) is 5.87. The van der Waals surface area contributed by atoms with Gasteiger partial charge in [0.25, 0.3) is 6.43 Å². The van der Waals surface area contributed by atoms with Crippen LogP contribution >= 0.6 is 11.6 Å². The molecule has 0 saturated carbocycles. The fourth-order valence-electron chi connectivity index (χ4n) is 4.26. The molecule has 2 heterocycles. The second-order valence-corrected chi connectivity index (χ2v) is 8.30. The first-order valence-electron chi connectivity index (χ1n) is 10.5. The predicted octanol–water partition coefficient (Wildman–Crippen LogP) is 3.05. The van der Waals surface area contributed by atoms with Gasteiger partial charge in [0.15, 0.2) is 0 Å². The summed E-state index contributed by atoms with van der Waals surface area (Å²) in [6, 6.07) is 9.18. The molecule has 6 nitrogen and oxygen atoms in total. The number of benzene rings is 2. The second-order valence-electron chi connectivity index (χ2n) is 7.93. The molecule has 0 aliphatic carbocycles. The molecule has 0 spiro atoms. The molecule has 4 rings (SSSR count). The lowest BCUT2D eigenvalue weighted by atomic mass is 9.87. The summed E-state index contributed by atoms with van der Waals surface area (Å²) in [4.78, 5) is 0. The van der Waals surface area contributed by atoms with Gasteiger partial charge in [-0.25, -0.2) is 8.78 Å². The van der Waals surface area contributed by atoms with Crippen LogP contribution < -0.4 is 9.47 Å². The predicted molar refractivity (Wildman–Crippen MR) is 113 cm³/mol. The summed E-state index contributed by atoms with van der Waals surface area (Å²) in [5.41, 5.74) is 2.67. The summed E-state index contributed by atoms with van der Waals surface area (Å²) in [7, 11) is 0. The summed E-state index contributed by atoms with van der Waals surface area (Å²) in [5.74, 6) is 1.17. The van der Waals surface area contributed by atoms with Crippen LogP contribution in [0.3, 0.4) is 0 Å². The molecular weight excluding hydrogens is 446 g/mol. The maximum absolute atomic E-state index is 13.4. The minimum Gasteiger partial charge on any atom is -0.494 e. The molecule has 0 unspecified atom stereocenters. The molecule has 1 fully saturated rings. The van der Waals surface area contributed by atoms with Gasteiger partial charge in [0, 0.05) is 12.0 Å². The van der Waals surface area contributed by atoms with Crippen LogP contribution in [0.4, 0.5) is 8.78 Å². The van der Waals surface area contributed by atoms with Crippen molar-refractivity contribution < 1.29 is 38.3 Å². The highest BCUT2D eigenvalue weighted by Gasteiger charge is 2.48. The maximum atomic E-state index is 13.4. The zero-order valence-electron chi connectivity index (χ0n) is 17.4. The number of aliphatic hydroxyl groups is 3. The fourth-order valence-corrected chi connectivity index (χ4v) is 4.55. The Labute approximate surface area is 189 Å². The SMILES string of the molecule is CCOc1ccc(Cc2cc([C@@H]3O[C@H](C(F)F)[C@@H](O)[C@H](O)[C@H]3O)c3c(c2Cl)OCC3)cc1. The molecule has 2 aromatic carbocycles. The van der Waals surface area contributed by atoms with Crippen molar-refractivity contribution in [2.75, 3.05) is 13.2 Å². The van der Waals surface area contributed by atoms with Crippen LogP contribution in [0.1, 0.15) is 35.3 Å². The van der Waals surface area contributed by atoms with E-state index in [2.05, 4.69) is 0 Å². The number of hydrogen-bond donors (Lipinski definition) is 3. The van der Waals surface area contributed by atoms with E-state index in [4.69, 9.17) is 25.8 Å². The smallest absolute Gasteiger partial charge is 0.267 e. The lowest BCUT2D eigenvalue weighted by Crippen LogP contribution is -2.56. The molecule has 32 heavy (non-hydrogen) atoms. The second kappa shape index (κ2) is 9.49. The van der Waals surface area contributed by atoms with Gasteiger partial charge >= 0.3 is 0 Å². The molecule has 0 radical (unpaired) electrons. The maximum Gasteiger partial charge on any atom is 0.267 e. The largest absolute Gasteiger partial charge is 0.494 e. The number of rotatable bonds is 6.